The first-order valence-electron chi connectivity index (χ1n) is 4.41. The van der Waals surface area contributed by atoms with Crippen LogP contribution < -0.4 is 5.32 Å². The second-order valence-corrected chi connectivity index (χ2v) is 5.03. The van der Waals surface area contributed by atoms with Crippen LogP contribution in [0.1, 0.15) is 11.3 Å². The van der Waals surface area contributed by atoms with Gasteiger partial charge in [-0.2, -0.15) is 0 Å². The predicted molar refractivity (Wildman–Crippen MR) is 62.0 cm³/mol. The van der Waals surface area contributed by atoms with Crippen LogP contribution in [0.5, 0.6) is 0 Å². The number of hydrogen-bond donors (Lipinski definition) is 3. The zero-order chi connectivity index (χ0) is 11.3. The van der Waals surface area contributed by atoms with Crippen molar-refractivity contribution >= 4 is 33.2 Å². The van der Waals surface area contributed by atoms with Crippen LogP contribution >= 0.6 is 27.3 Å². The van der Waals surface area contributed by atoms with Crippen molar-refractivity contribution in [2.24, 2.45) is 0 Å². The van der Waals surface area contributed by atoms with Gasteiger partial charge in [0, 0.05) is 27.8 Å². The molecule has 0 aliphatic carbocycles. The highest BCUT2D eigenvalue weighted by Gasteiger charge is 2.08. The van der Waals surface area contributed by atoms with E-state index in [1.54, 1.807) is 11.3 Å². The quantitative estimate of drug-likeness (QED) is 0.742. The van der Waals surface area contributed by atoms with E-state index in [0.29, 0.717) is 13.1 Å². The van der Waals surface area contributed by atoms with E-state index in [4.69, 9.17) is 5.11 Å². The van der Waals surface area contributed by atoms with Gasteiger partial charge in [-0.05, 0) is 22.0 Å². The van der Waals surface area contributed by atoms with Crippen molar-refractivity contribution in [1.29, 1.82) is 0 Å². The van der Waals surface area contributed by atoms with Gasteiger partial charge in [-0.25, -0.2) is 0 Å². The van der Waals surface area contributed by atoms with Crippen molar-refractivity contribution in [2.75, 3.05) is 6.54 Å². The maximum Gasteiger partial charge on any atom is 0.306 e. The number of nitrogens with one attached hydrogen (secondary N) is 1. The summed E-state index contributed by atoms with van der Waals surface area (Å²) in [6.07, 6.45) is -1.05. The standard InChI is InChI=1S/C9H12BrNO3S/c10-6-1-8(15-5-6)4-11-3-7(12)2-9(13)14/h1,5,7,11-12H,2-4H2,(H,13,14). The molecule has 1 unspecified atom stereocenters. The number of carboxylic acids is 1. The number of carbonyl (C=O) groups is 1. The molecule has 0 radical (unpaired) electrons. The van der Waals surface area contributed by atoms with Gasteiger partial charge in [-0.15, -0.1) is 11.3 Å². The van der Waals surface area contributed by atoms with Crippen LogP contribution in [0.3, 0.4) is 0 Å². The molecule has 1 aromatic rings. The van der Waals surface area contributed by atoms with Gasteiger partial charge in [-0.3, -0.25) is 4.79 Å². The number of aliphatic hydroxyl groups excluding tert-OH is 1. The molecule has 0 bridgehead atoms. The van der Waals surface area contributed by atoms with Gasteiger partial charge < -0.3 is 15.5 Å². The first-order valence-corrected chi connectivity index (χ1v) is 6.08. The molecule has 0 fully saturated rings. The topological polar surface area (TPSA) is 69.6 Å². The molecule has 84 valence electrons. The molecular weight excluding hydrogens is 282 g/mol. The summed E-state index contributed by atoms with van der Waals surface area (Å²) in [5, 5.41) is 22.6. The molecule has 1 atom stereocenters. The SMILES string of the molecule is O=C(O)CC(O)CNCc1cc(Br)cs1. The number of aliphatic carboxylic acids is 1. The molecule has 0 saturated carbocycles. The Labute approximate surface area is 100 Å². The van der Waals surface area contributed by atoms with E-state index in [0.717, 1.165) is 9.35 Å². The largest absolute Gasteiger partial charge is 0.481 e. The van der Waals surface area contributed by atoms with E-state index >= 15 is 0 Å². The van der Waals surface area contributed by atoms with Crippen molar-refractivity contribution in [2.45, 2.75) is 19.1 Å². The molecule has 0 spiro atoms. The van der Waals surface area contributed by atoms with Crippen molar-refractivity contribution < 1.29 is 15.0 Å². The first kappa shape index (κ1) is 12.6. The Kier molecular flexibility index (Phi) is 5.24. The van der Waals surface area contributed by atoms with Crippen LogP contribution in [0.25, 0.3) is 0 Å². The van der Waals surface area contributed by atoms with Crippen LogP contribution in [0, 0.1) is 0 Å². The summed E-state index contributed by atoms with van der Waals surface area (Å²) in [5.74, 6) is -0.983. The summed E-state index contributed by atoms with van der Waals surface area (Å²) in [6.45, 7) is 0.939. The van der Waals surface area contributed by atoms with Crippen LogP contribution in [0.4, 0.5) is 0 Å². The zero-order valence-corrected chi connectivity index (χ0v) is 10.3. The Balaban J connectivity index is 2.18. The molecule has 15 heavy (non-hydrogen) atoms. The van der Waals surface area contributed by atoms with E-state index in [-0.39, 0.29) is 6.42 Å². The molecular formula is C9H12BrNO3S. The van der Waals surface area contributed by atoms with Crippen molar-refractivity contribution in [3.8, 4) is 0 Å². The van der Waals surface area contributed by atoms with Gasteiger partial charge in [0.15, 0.2) is 0 Å². The summed E-state index contributed by atoms with van der Waals surface area (Å²) >= 11 is 4.95. The second-order valence-electron chi connectivity index (χ2n) is 3.11. The molecule has 0 amide bonds. The summed E-state index contributed by atoms with van der Waals surface area (Å²) in [5.41, 5.74) is 0. The predicted octanol–water partition coefficient (Wildman–Crippen LogP) is 1.44. The van der Waals surface area contributed by atoms with Crippen LogP contribution in [0.15, 0.2) is 15.9 Å². The van der Waals surface area contributed by atoms with E-state index in [1.165, 1.54) is 0 Å². The number of carboxylic acid groups (broad SMARTS) is 1. The van der Waals surface area contributed by atoms with Crippen molar-refractivity contribution in [1.82, 2.24) is 5.32 Å². The first-order chi connectivity index (χ1) is 7.08. The summed E-state index contributed by atoms with van der Waals surface area (Å²) in [6, 6.07) is 1.99. The number of thiophene rings is 1. The summed E-state index contributed by atoms with van der Waals surface area (Å²) in [7, 11) is 0. The lowest BCUT2D eigenvalue weighted by Crippen LogP contribution is -2.28. The Morgan fingerprint density at radius 2 is 2.40 bits per heavy atom. The fourth-order valence-corrected chi connectivity index (χ4v) is 2.50. The van der Waals surface area contributed by atoms with Gasteiger partial charge in [0.05, 0.1) is 12.5 Å². The zero-order valence-electron chi connectivity index (χ0n) is 7.94. The van der Waals surface area contributed by atoms with Crippen molar-refractivity contribution in [3.05, 3.63) is 20.8 Å². The lowest BCUT2D eigenvalue weighted by atomic mass is 10.2. The Bertz CT molecular complexity index is 329. The Morgan fingerprint density at radius 3 is 2.93 bits per heavy atom. The third-order valence-electron chi connectivity index (χ3n) is 1.71. The minimum absolute atomic E-state index is 0.221. The Morgan fingerprint density at radius 1 is 1.67 bits per heavy atom. The third kappa shape index (κ3) is 5.27. The van der Waals surface area contributed by atoms with Gasteiger partial charge in [-0.1, -0.05) is 0 Å². The minimum Gasteiger partial charge on any atom is -0.481 e. The lowest BCUT2D eigenvalue weighted by molar-refractivity contribution is -0.139. The number of aliphatic hydroxyl groups is 1. The fraction of sp³-hybridized carbons (Fsp3) is 0.444. The van der Waals surface area contributed by atoms with E-state index in [1.807, 2.05) is 11.4 Å². The third-order valence-corrected chi connectivity index (χ3v) is 3.41. The van der Waals surface area contributed by atoms with Crippen LogP contribution in [-0.2, 0) is 11.3 Å². The molecule has 0 aliphatic rings. The molecule has 1 heterocycles. The molecule has 6 heteroatoms. The molecule has 3 N–H and O–H groups in total. The second kappa shape index (κ2) is 6.22. The average molecular weight is 294 g/mol. The van der Waals surface area contributed by atoms with E-state index < -0.39 is 12.1 Å². The van der Waals surface area contributed by atoms with Crippen LogP contribution in [-0.4, -0.2) is 28.8 Å². The molecule has 0 aromatic carbocycles. The van der Waals surface area contributed by atoms with Crippen LogP contribution in [0.2, 0.25) is 0 Å². The smallest absolute Gasteiger partial charge is 0.306 e. The van der Waals surface area contributed by atoms with Gasteiger partial charge in [0.25, 0.3) is 0 Å². The number of halogens is 1. The highest BCUT2D eigenvalue weighted by Crippen LogP contribution is 2.19. The molecule has 4 nitrogen and oxygen atoms in total. The van der Waals surface area contributed by atoms with E-state index in [9.17, 15) is 9.90 Å². The minimum atomic E-state index is -0.983. The normalized spacial score (nSPS) is 12.7. The molecule has 1 rings (SSSR count). The molecule has 1 aromatic heterocycles. The van der Waals surface area contributed by atoms with Gasteiger partial charge >= 0.3 is 5.97 Å². The molecule has 0 saturated heterocycles. The highest BCUT2D eigenvalue weighted by molar-refractivity contribution is 9.10. The van der Waals surface area contributed by atoms with Gasteiger partial charge in [0.1, 0.15) is 0 Å². The summed E-state index contributed by atoms with van der Waals surface area (Å²) in [4.78, 5) is 11.4. The Hall–Kier alpha value is -0.430. The fourth-order valence-electron chi connectivity index (χ4n) is 1.08. The maximum atomic E-state index is 10.3. The summed E-state index contributed by atoms with van der Waals surface area (Å²) < 4.78 is 1.04. The van der Waals surface area contributed by atoms with E-state index in [2.05, 4.69) is 21.2 Å². The maximum absolute atomic E-state index is 10.3. The number of rotatable bonds is 6. The van der Waals surface area contributed by atoms with Crippen molar-refractivity contribution in [3.63, 3.8) is 0 Å². The number of hydrogen-bond acceptors (Lipinski definition) is 4. The average Bonchev–Trinajstić information content (AvgIpc) is 2.50. The molecule has 0 aliphatic heterocycles. The lowest BCUT2D eigenvalue weighted by Gasteiger charge is -2.08. The highest BCUT2D eigenvalue weighted by atomic mass is 79.9. The monoisotopic (exact) mass is 293 g/mol. The van der Waals surface area contributed by atoms with Gasteiger partial charge in [0.2, 0.25) is 0 Å².